The first kappa shape index (κ1) is 21.1. The van der Waals surface area contributed by atoms with Crippen molar-refractivity contribution in [3.63, 3.8) is 0 Å². The number of unbranched alkanes of at least 4 members (excludes halogenated alkanes) is 1. The molecule has 7 nitrogen and oxygen atoms in total. The van der Waals surface area contributed by atoms with Crippen LogP contribution in [0, 0.1) is 0 Å². The number of hydrogen-bond donors (Lipinski definition) is 0. The van der Waals surface area contributed by atoms with Gasteiger partial charge in [-0.2, -0.15) is 0 Å². The molecule has 0 bridgehead atoms. The molecule has 0 radical (unpaired) electrons. The van der Waals surface area contributed by atoms with E-state index >= 15 is 0 Å². The Morgan fingerprint density at radius 1 is 0.967 bits per heavy atom. The molecule has 0 saturated heterocycles. The molecule has 0 amide bonds. The largest absolute Gasteiger partial charge is 0.462 e. The normalized spacial score (nSPS) is 10.5. The first-order chi connectivity index (χ1) is 14.6. The average molecular weight is 409 g/mol. The second-order valence-electron chi connectivity index (χ2n) is 6.36. The molecule has 156 valence electrons. The first-order valence-electron chi connectivity index (χ1n) is 9.79. The predicted octanol–water partition coefficient (Wildman–Crippen LogP) is 5.27. The van der Waals surface area contributed by atoms with E-state index in [1.807, 2.05) is 37.3 Å². The lowest BCUT2D eigenvalue weighted by atomic mass is 10.0. The Labute approximate surface area is 174 Å². The predicted molar refractivity (Wildman–Crippen MR) is 110 cm³/mol. The third kappa shape index (κ3) is 5.05. The second-order valence-corrected chi connectivity index (χ2v) is 6.36. The van der Waals surface area contributed by atoms with Crippen LogP contribution in [0.4, 0.5) is 0 Å². The molecule has 30 heavy (non-hydrogen) atoms. The van der Waals surface area contributed by atoms with Gasteiger partial charge >= 0.3 is 11.9 Å². The van der Waals surface area contributed by atoms with Crippen LogP contribution in [0.3, 0.4) is 0 Å². The van der Waals surface area contributed by atoms with Gasteiger partial charge in [0.05, 0.1) is 18.8 Å². The third-order valence-corrected chi connectivity index (χ3v) is 4.20. The Morgan fingerprint density at radius 3 is 2.50 bits per heavy atom. The summed E-state index contributed by atoms with van der Waals surface area (Å²) in [5, 5.41) is 0. The average Bonchev–Trinajstić information content (AvgIpc) is 3.24. The summed E-state index contributed by atoms with van der Waals surface area (Å²) in [5.74, 6) is 0.0495. The molecule has 2 aromatic carbocycles. The fourth-order valence-corrected chi connectivity index (χ4v) is 2.75. The van der Waals surface area contributed by atoms with Crippen molar-refractivity contribution in [3.05, 3.63) is 66.2 Å². The summed E-state index contributed by atoms with van der Waals surface area (Å²) in [6.45, 7) is 4.19. The second kappa shape index (κ2) is 10.2. The number of rotatable bonds is 9. The lowest BCUT2D eigenvalue weighted by Gasteiger charge is -2.12. The van der Waals surface area contributed by atoms with E-state index in [1.165, 1.54) is 0 Å². The smallest absolute Gasteiger partial charge is 0.360 e. The Morgan fingerprint density at radius 2 is 1.77 bits per heavy atom. The molecular formula is C23H23NO6. The molecule has 0 aliphatic carbocycles. The summed E-state index contributed by atoms with van der Waals surface area (Å²) < 4.78 is 21.7. The Bertz CT molecular complexity index is 996. The third-order valence-electron chi connectivity index (χ3n) is 4.20. The minimum Gasteiger partial charge on any atom is -0.462 e. The van der Waals surface area contributed by atoms with Gasteiger partial charge in [-0.15, -0.1) is 0 Å². The summed E-state index contributed by atoms with van der Waals surface area (Å²) in [4.78, 5) is 29.0. The van der Waals surface area contributed by atoms with Crippen LogP contribution in [0.25, 0.3) is 11.3 Å². The van der Waals surface area contributed by atoms with E-state index in [-0.39, 0.29) is 23.6 Å². The molecule has 1 heterocycles. The zero-order valence-corrected chi connectivity index (χ0v) is 16.9. The number of para-hydroxylation sites is 1. The maximum Gasteiger partial charge on any atom is 0.360 e. The van der Waals surface area contributed by atoms with Crippen LogP contribution in [-0.4, -0.2) is 30.1 Å². The number of carbonyl (C=O) groups is 2. The van der Waals surface area contributed by atoms with E-state index in [9.17, 15) is 9.59 Å². The molecule has 3 rings (SSSR count). The van der Waals surface area contributed by atoms with Gasteiger partial charge in [0.2, 0.25) is 0 Å². The number of hydrogen-bond acceptors (Lipinski definition) is 7. The van der Waals surface area contributed by atoms with Crippen LogP contribution >= 0.6 is 0 Å². The van der Waals surface area contributed by atoms with Crippen LogP contribution in [0.5, 0.6) is 11.5 Å². The summed E-state index contributed by atoms with van der Waals surface area (Å²) in [7, 11) is 0. The number of ether oxygens (including phenoxy) is 3. The van der Waals surface area contributed by atoms with Crippen LogP contribution in [-0.2, 0) is 9.47 Å². The maximum atomic E-state index is 12.8. The van der Waals surface area contributed by atoms with Crippen molar-refractivity contribution in [2.75, 3.05) is 13.2 Å². The molecular weight excluding hydrogens is 386 g/mol. The van der Waals surface area contributed by atoms with Gasteiger partial charge < -0.3 is 18.6 Å². The van der Waals surface area contributed by atoms with Gasteiger partial charge in [0.1, 0.15) is 11.5 Å². The van der Waals surface area contributed by atoms with Crippen LogP contribution in [0.1, 0.15) is 47.5 Å². The Balaban J connectivity index is 1.99. The highest BCUT2D eigenvalue weighted by molar-refractivity contribution is 6.01. The summed E-state index contributed by atoms with van der Waals surface area (Å²) >= 11 is 0. The molecule has 0 spiro atoms. The standard InChI is InChI=1S/C23H23NO6/c1-3-5-13-28-22(25)19-14-17(30-16-9-7-6-8-10-16)11-12-18(19)21-20(24-15-29-21)23(26)27-4-2/h6-12,14-15H,3-5,13H2,1-2H3. The summed E-state index contributed by atoms with van der Waals surface area (Å²) in [6, 6.07) is 14.1. The fraction of sp³-hybridized carbons (Fsp3) is 0.261. The molecule has 3 aromatic rings. The van der Waals surface area contributed by atoms with E-state index in [1.54, 1.807) is 25.1 Å². The van der Waals surface area contributed by atoms with Crippen molar-refractivity contribution in [2.24, 2.45) is 0 Å². The van der Waals surface area contributed by atoms with E-state index in [4.69, 9.17) is 18.6 Å². The van der Waals surface area contributed by atoms with E-state index in [2.05, 4.69) is 4.98 Å². The molecule has 0 saturated carbocycles. The number of aromatic nitrogens is 1. The van der Waals surface area contributed by atoms with Gasteiger partial charge in [-0.1, -0.05) is 31.5 Å². The van der Waals surface area contributed by atoms with E-state index in [0.29, 0.717) is 23.7 Å². The minimum atomic E-state index is -0.629. The topological polar surface area (TPSA) is 87.9 Å². The fourth-order valence-electron chi connectivity index (χ4n) is 2.75. The van der Waals surface area contributed by atoms with Crippen molar-refractivity contribution in [3.8, 4) is 22.8 Å². The van der Waals surface area contributed by atoms with Gasteiger partial charge in [0, 0.05) is 5.56 Å². The number of oxazole rings is 1. The van der Waals surface area contributed by atoms with Crippen LogP contribution in [0.15, 0.2) is 59.3 Å². The minimum absolute atomic E-state index is 0.00353. The van der Waals surface area contributed by atoms with E-state index < -0.39 is 11.9 Å². The van der Waals surface area contributed by atoms with Crippen molar-refractivity contribution in [2.45, 2.75) is 26.7 Å². The molecule has 0 aliphatic heterocycles. The molecule has 0 aliphatic rings. The quantitative estimate of drug-likeness (QED) is 0.351. The van der Waals surface area contributed by atoms with Gasteiger partial charge in [0.25, 0.3) is 0 Å². The number of carbonyl (C=O) groups excluding carboxylic acids is 2. The highest BCUT2D eigenvalue weighted by Gasteiger charge is 2.25. The van der Waals surface area contributed by atoms with Crippen molar-refractivity contribution in [1.82, 2.24) is 4.98 Å². The highest BCUT2D eigenvalue weighted by atomic mass is 16.5. The van der Waals surface area contributed by atoms with Crippen LogP contribution < -0.4 is 4.74 Å². The molecule has 0 unspecified atom stereocenters. The van der Waals surface area contributed by atoms with Crippen molar-refractivity contribution >= 4 is 11.9 Å². The zero-order valence-electron chi connectivity index (χ0n) is 16.9. The number of nitrogens with zero attached hydrogens (tertiary/aromatic N) is 1. The number of benzene rings is 2. The summed E-state index contributed by atoms with van der Waals surface area (Å²) in [5.41, 5.74) is 0.579. The first-order valence-corrected chi connectivity index (χ1v) is 9.79. The Hall–Kier alpha value is -3.61. The van der Waals surface area contributed by atoms with Gasteiger partial charge in [-0.05, 0) is 43.7 Å². The molecule has 0 fully saturated rings. The molecule has 1 aromatic heterocycles. The maximum absolute atomic E-state index is 12.8. The van der Waals surface area contributed by atoms with Crippen LogP contribution in [0.2, 0.25) is 0 Å². The van der Waals surface area contributed by atoms with Gasteiger partial charge in [0.15, 0.2) is 17.8 Å². The number of esters is 2. The summed E-state index contributed by atoms with van der Waals surface area (Å²) in [6.07, 6.45) is 2.78. The monoisotopic (exact) mass is 409 g/mol. The SMILES string of the molecule is CCCCOC(=O)c1cc(Oc2ccccc2)ccc1-c1ocnc1C(=O)OCC. The molecule has 0 N–H and O–H groups in total. The lowest BCUT2D eigenvalue weighted by molar-refractivity contribution is 0.0494. The highest BCUT2D eigenvalue weighted by Crippen LogP contribution is 2.32. The Kier molecular flexibility index (Phi) is 7.21. The van der Waals surface area contributed by atoms with Gasteiger partial charge in [-0.3, -0.25) is 0 Å². The van der Waals surface area contributed by atoms with Gasteiger partial charge in [-0.25, -0.2) is 14.6 Å². The molecule has 0 atom stereocenters. The van der Waals surface area contributed by atoms with Crippen molar-refractivity contribution < 1.29 is 28.2 Å². The zero-order chi connectivity index (χ0) is 21.3. The molecule has 7 heteroatoms. The lowest BCUT2D eigenvalue weighted by Crippen LogP contribution is -2.10. The van der Waals surface area contributed by atoms with E-state index in [0.717, 1.165) is 19.2 Å². The van der Waals surface area contributed by atoms with Crippen molar-refractivity contribution in [1.29, 1.82) is 0 Å².